The van der Waals surface area contributed by atoms with Gasteiger partial charge in [0, 0.05) is 5.41 Å². The Bertz CT molecular complexity index is 3530. The summed E-state index contributed by atoms with van der Waals surface area (Å²) in [7, 11) is 0. The third-order valence-electron chi connectivity index (χ3n) is 13.2. The van der Waals surface area contributed by atoms with Crippen molar-refractivity contribution in [3.63, 3.8) is 0 Å². The number of rotatable bonds is 4. The third-order valence-corrected chi connectivity index (χ3v) is 13.2. The van der Waals surface area contributed by atoms with E-state index in [-0.39, 0.29) is 5.41 Å². The molecule has 0 atom stereocenters. The molecule has 1 aliphatic rings. The Morgan fingerprint density at radius 3 is 1.46 bits per heavy atom. The van der Waals surface area contributed by atoms with Crippen LogP contribution in [-0.2, 0) is 5.41 Å². The molecule has 0 amide bonds. The van der Waals surface area contributed by atoms with E-state index in [0.717, 1.165) is 0 Å². The molecular weight excluding hydrogens is 709 g/mol. The Morgan fingerprint density at radius 1 is 0.237 bits per heavy atom. The Morgan fingerprint density at radius 2 is 0.712 bits per heavy atom. The van der Waals surface area contributed by atoms with E-state index < -0.39 is 0 Å². The summed E-state index contributed by atoms with van der Waals surface area (Å²) >= 11 is 0. The summed E-state index contributed by atoms with van der Waals surface area (Å²) in [6, 6.07) is 77.2. The second-order valence-corrected chi connectivity index (χ2v) is 16.9. The van der Waals surface area contributed by atoms with Gasteiger partial charge in [-0.3, -0.25) is 0 Å². The minimum atomic E-state index is -0.0269. The molecule has 276 valence electrons. The van der Waals surface area contributed by atoms with E-state index in [1.165, 1.54) is 121 Å². The summed E-state index contributed by atoms with van der Waals surface area (Å²) in [5.74, 6) is 0. The maximum atomic E-state index is 2.43. The largest absolute Gasteiger partial charge is 0.0619 e. The van der Waals surface area contributed by atoms with Crippen LogP contribution in [0.5, 0.6) is 0 Å². The summed E-state index contributed by atoms with van der Waals surface area (Å²) in [4.78, 5) is 0. The molecule has 11 aromatic carbocycles. The molecule has 59 heavy (non-hydrogen) atoms. The Kier molecular flexibility index (Phi) is 7.38. The second kappa shape index (κ2) is 12.9. The van der Waals surface area contributed by atoms with Crippen LogP contribution in [0.4, 0.5) is 0 Å². The van der Waals surface area contributed by atoms with Gasteiger partial charge in [0.15, 0.2) is 0 Å². The van der Waals surface area contributed by atoms with Crippen LogP contribution in [0, 0.1) is 0 Å². The molecule has 0 fully saturated rings. The molecule has 0 radical (unpaired) electrons. The highest BCUT2D eigenvalue weighted by Gasteiger charge is 2.35. The zero-order valence-electron chi connectivity index (χ0n) is 33.1. The van der Waals surface area contributed by atoms with Gasteiger partial charge in [0.2, 0.25) is 0 Å². The van der Waals surface area contributed by atoms with Crippen LogP contribution in [0.25, 0.3) is 109 Å². The van der Waals surface area contributed by atoms with Crippen LogP contribution in [-0.4, -0.2) is 0 Å². The summed E-state index contributed by atoms with van der Waals surface area (Å²) in [5, 5.41) is 12.6. The average molecular weight is 749 g/mol. The summed E-state index contributed by atoms with van der Waals surface area (Å²) in [6.07, 6.45) is 0. The summed E-state index contributed by atoms with van der Waals surface area (Å²) < 4.78 is 0. The predicted molar refractivity (Wildman–Crippen MR) is 253 cm³/mol. The van der Waals surface area contributed by atoms with Gasteiger partial charge in [-0.2, -0.15) is 0 Å². The highest BCUT2D eigenvalue weighted by molar-refractivity contribution is 6.21. The Labute approximate surface area is 344 Å². The molecule has 0 unspecified atom stereocenters. The zero-order chi connectivity index (χ0) is 39.2. The van der Waals surface area contributed by atoms with Crippen molar-refractivity contribution in [3.8, 4) is 55.6 Å². The number of hydrogen-bond donors (Lipinski definition) is 0. The lowest BCUT2D eigenvalue weighted by Gasteiger charge is -2.22. The molecule has 0 heterocycles. The molecule has 0 heteroatoms. The summed E-state index contributed by atoms with van der Waals surface area (Å²) in [6.45, 7) is 4.71. The maximum Gasteiger partial charge on any atom is 0.0159 e. The van der Waals surface area contributed by atoms with Gasteiger partial charge in [-0.25, -0.2) is 0 Å². The second-order valence-electron chi connectivity index (χ2n) is 16.9. The zero-order valence-corrected chi connectivity index (χ0v) is 33.1. The van der Waals surface area contributed by atoms with Crippen molar-refractivity contribution < 1.29 is 0 Å². The lowest BCUT2D eigenvalue weighted by atomic mass is 9.81. The van der Waals surface area contributed by atoms with Crippen LogP contribution >= 0.6 is 0 Å². The fourth-order valence-electron chi connectivity index (χ4n) is 10.1. The lowest BCUT2D eigenvalue weighted by molar-refractivity contribution is 0.660. The van der Waals surface area contributed by atoms with Crippen LogP contribution < -0.4 is 0 Å². The molecule has 0 bridgehead atoms. The van der Waals surface area contributed by atoms with Crippen molar-refractivity contribution in [2.24, 2.45) is 0 Å². The normalized spacial score (nSPS) is 13.1. The van der Waals surface area contributed by atoms with E-state index >= 15 is 0 Å². The van der Waals surface area contributed by atoms with Crippen molar-refractivity contribution in [2.45, 2.75) is 19.3 Å². The van der Waals surface area contributed by atoms with Gasteiger partial charge in [-0.05, 0) is 169 Å². The Hall–Kier alpha value is -7.28. The van der Waals surface area contributed by atoms with Crippen molar-refractivity contribution in [1.82, 2.24) is 0 Å². The number of hydrogen-bond acceptors (Lipinski definition) is 0. The fraction of sp³-hybridized carbons (Fsp3) is 0.0508. The molecule has 0 aromatic heterocycles. The first-order valence-electron chi connectivity index (χ1n) is 20.7. The molecule has 0 spiro atoms. The average Bonchev–Trinajstić information content (AvgIpc) is 3.53. The number of fused-ring (bicyclic) bond motifs is 10. The highest BCUT2D eigenvalue weighted by Crippen LogP contribution is 2.50. The Balaban J connectivity index is 1.01. The summed E-state index contributed by atoms with van der Waals surface area (Å²) in [5.41, 5.74) is 15.3. The van der Waals surface area contributed by atoms with Crippen molar-refractivity contribution in [1.29, 1.82) is 0 Å². The molecule has 1 aliphatic carbocycles. The van der Waals surface area contributed by atoms with E-state index in [1.807, 2.05) is 0 Å². The first kappa shape index (κ1) is 33.8. The quantitative estimate of drug-likeness (QED) is 0.157. The minimum Gasteiger partial charge on any atom is -0.0619 e. The molecule has 0 N–H and O–H groups in total. The van der Waals surface area contributed by atoms with Gasteiger partial charge in [-0.15, -0.1) is 0 Å². The smallest absolute Gasteiger partial charge is 0.0159 e. The van der Waals surface area contributed by atoms with E-state index in [1.54, 1.807) is 0 Å². The van der Waals surface area contributed by atoms with Gasteiger partial charge >= 0.3 is 0 Å². The van der Waals surface area contributed by atoms with Gasteiger partial charge < -0.3 is 0 Å². The maximum absolute atomic E-state index is 2.43. The van der Waals surface area contributed by atoms with Crippen LogP contribution in [0.15, 0.2) is 206 Å². The van der Waals surface area contributed by atoms with E-state index in [9.17, 15) is 0 Å². The van der Waals surface area contributed by atoms with E-state index in [0.29, 0.717) is 0 Å². The number of benzene rings is 11. The molecule has 0 saturated carbocycles. The van der Waals surface area contributed by atoms with E-state index in [2.05, 4.69) is 220 Å². The third kappa shape index (κ3) is 5.37. The SMILES string of the molecule is CC1(C)c2ccccc2-c2ccc(-c3ccc4cc(-c5cc(-c6ccc7ccccc7c6)cc(-c6cc7c8ccccc8ccc7c7ccccc67)c5)ccc4c3)cc21. The molecule has 0 aliphatic heterocycles. The van der Waals surface area contributed by atoms with Crippen molar-refractivity contribution in [2.75, 3.05) is 0 Å². The van der Waals surface area contributed by atoms with Gasteiger partial charge in [0.1, 0.15) is 0 Å². The molecule has 11 aromatic rings. The first-order chi connectivity index (χ1) is 29.0. The van der Waals surface area contributed by atoms with E-state index in [4.69, 9.17) is 0 Å². The monoisotopic (exact) mass is 748 g/mol. The van der Waals surface area contributed by atoms with Crippen LogP contribution in [0.1, 0.15) is 25.0 Å². The van der Waals surface area contributed by atoms with Gasteiger partial charge in [0.25, 0.3) is 0 Å². The molecule has 0 nitrogen and oxygen atoms in total. The lowest BCUT2D eigenvalue weighted by Crippen LogP contribution is -2.14. The standard InChI is InChI=1S/C59H40/c1-59(2)57-18-10-9-17-53(57)54-28-26-45(35-58(54)59)42-22-21-41-31-44(24-23-40(41)30-42)47-32-46(43-20-19-37-11-3-4-13-39(37)29-43)33-48(34-47)55-36-56-49-14-6-5-12-38(49)25-27-52(56)50-15-7-8-16-51(50)55/h3-36H,1-2H3. The van der Waals surface area contributed by atoms with Crippen LogP contribution in [0.2, 0.25) is 0 Å². The van der Waals surface area contributed by atoms with Crippen molar-refractivity contribution in [3.05, 3.63) is 217 Å². The van der Waals surface area contributed by atoms with Gasteiger partial charge in [-0.1, -0.05) is 172 Å². The topological polar surface area (TPSA) is 0 Å². The fourth-order valence-corrected chi connectivity index (χ4v) is 10.1. The molecular formula is C59H40. The van der Waals surface area contributed by atoms with Crippen molar-refractivity contribution >= 4 is 53.9 Å². The first-order valence-corrected chi connectivity index (χ1v) is 20.7. The predicted octanol–water partition coefficient (Wildman–Crippen LogP) is 16.4. The molecule has 0 saturated heterocycles. The van der Waals surface area contributed by atoms with Crippen LogP contribution in [0.3, 0.4) is 0 Å². The highest BCUT2D eigenvalue weighted by atomic mass is 14.4. The van der Waals surface area contributed by atoms with Gasteiger partial charge in [0.05, 0.1) is 0 Å². The molecule has 12 rings (SSSR count). The minimum absolute atomic E-state index is 0.0269.